The van der Waals surface area contributed by atoms with Crippen molar-refractivity contribution in [3.8, 4) is 0 Å². The average molecular weight is 300 g/mol. The van der Waals surface area contributed by atoms with Crippen LogP contribution in [-0.2, 0) is 4.79 Å². The number of thioether (sulfide) groups is 1. The number of hydrogen-bond acceptors (Lipinski definition) is 3. The van der Waals surface area contributed by atoms with Crippen molar-refractivity contribution in [2.45, 2.75) is 44.4 Å². The number of carbonyl (C=O) groups is 2. The van der Waals surface area contributed by atoms with Gasteiger partial charge in [0.2, 0.25) is 0 Å². The van der Waals surface area contributed by atoms with Crippen LogP contribution < -0.4 is 5.32 Å². The van der Waals surface area contributed by atoms with Crippen molar-refractivity contribution in [1.82, 2.24) is 10.2 Å². The summed E-state index contributed by atoms with van der Waals surface area (Å²) in [6.07, 6.45) is 2.59. The van der Waals surface area contributed by atoms with Crippen LogP contribution in [0.2, 0.25) is 0 Å². The van der Waals surface area contributed by atoms with E-state index in [0.717, 1.165) is 31.6 Å². The number of hydrogen-bond donors (Lipinski definition) is 2. The molecule has 2 amide bonds. The van der Waals surface area contributed by atoms with E-state index in [4.69, 9.17) is 5.11 Å². The van der Waals surface area contributed by atoms with E-state index in [0.29, 0.717) is 11.8 Å². The van der Waals surface area contributed by atoms with Gasteiger partial charge in [0.25, 0.3) is 0 Å². The number of urea groups is 1. The average Bonchev–Trinajstić information content (AvgIpc) is 2.87. The van der Waals surface area contributed by atoms with Crippen molar-refractivity contribution in [2.24, 2.45) is 11.8 Å². The van der Waals surface area contributed by atoms with E-state index >= 15 is 0 Å². The second-order valence-corrected chi connectivity index (χ2v) is 7.32. The first-order valence-electron chi connectivity index (χ1n) is 7.39. The summed E-state index contributed by atoms with van der Waals surface area (Å²) in [6, 6.07) is 0.188. The number of carboxylic acid groups (broad SMARTS) is 1. The van der Waals surface area contributed by atoms with E-state index in [1.807, 2.05) is 16.7 Å². The van der Waals surface area contributed by atoms with Gasteiger partial charge < -0.3 is 15.3 Å². The van der Waals surface area contributed by atoms with Crippen LogP contribution in [0.3, 0.4) is 0 Å². The standard InChI is InChI=1S/C14H24N2O3S/c1-9-10(2)20-7-6-16(9)14(19)15-8-11-4-3-5-12(11)13(17)18/h9-12H,3-8H2,1-2H3,(H,15,19)(H,17,18). The highest BCUT2D eigenvalue weighted by Crippen LogP contribution is 2.31. The molecule has 0 spiro atoms. The molecule has 20 heavy (non-hydrogen) atoms. The highest BCUT2D eigenvalue weighted by Gasteiger charge is 2.34. The summed E-state index contributed by atoms with van der Waals surface area (Å²) >= 11 is 1.90. The molecule has 114 valence electrons. The molecule has 5 nitrogen and oxygen atoms in total. The molecule has 0 aromatic rings. The van der Waals surface area contributed by atoms with E-state index in [9.17, 15) is 9.59 Å². The fourth-order valence-corrected chi connectivity index (χ4v) is 4.25. The Hall–Kier alpha value is -0.910. The Labute approximate surface area is 124 Å². The Morgan fingerprint density at radius 3 is 2.80 bits per heavy atom. The molecule has 4 unspecified atom stereocenters. The molecule has 2 aliphatic rings. The number of nitrogens with zero attached hydrogens (tertiary/aromatic N) is 1. The Morgan fingerprint density at radius 1 is 1.35 bits per heavy atom. The zero-order chi connectivity index (χ0) is 14.7. The molecular weight excluding hydrogens is 276 g/mol. The lowest BCUT2D eigenvalue weighted by Crippen LogP contribution is -2.52. The van der Waals surface area contributed by atoms with Gasteiger partial charge in [-0.05, 0) is 25.7 Å². The van der Waals surface area contributed by atoms with Crippen molar-refractivity contribution in [3.05, 3.63) is 0 Å². The lowest BCUT2D eigenvalue weighted by molar-refractivity contribution is -0.142. The van der Waals surface area contributed by atoms with Crippen molar-refractivity contribution >= 4 is 23.8 Å². The number of carbonyl (C=O) groups excluding carboxylic acids is 1. The van der Waals surface area contributed by atoms with Gasteiger partial charge in [-0.2, -0.15) is 11.8 Å². The van der Waals surface area contributed by atoms with E-state index in [1.165, 1.54) is 0 Å². The van der Waals surface area contributed by atoms with E-state index in [1.54, 1.807) is 0 Å². The summed E-state index contributed by atoms with van der Waals surface area (Å²) < 4.78 is 0. The van der Waals surface area contributed by atoms with Gasteiger partial charge in [-0.25, -0.2) is 4.79 Å². The third kappa shape index (κ3) is 3.40. The summed E-state index contributed by atoms with van der Waals surface area (Å²) in [5.41, 5.74) is 0. The van der Waals surface area contributed by atoms with Crippen LogP contribution in [-0.4, -0.2) is 52.1 Å². The van der Waals surface area contributed by atoms with Crippen molar-refractivity contribution in [2.75, 3.05) is 18.8 Å². The minimum absolute atomic E-state index is 0.0410. The predicted molar refractivity (Wildman–Crippen MR) is 80.0 cm³/mol. The number of rotatable bonds is 3. The summed E-state index contributed by atoms with van der Waals surface area (Å²) in [7, 11) is 0. The van der Waals surface area contributed by atoms with Crippen molar-refractivity contribution in [3.63, 3.8) is 0 Å². The molecule has 2 rings (SSSR count). The minimum atomic E-state index is -0.724. The fraction of sp³-hybridized carbons (Fsp3) is 0.857. The molecule has 2 N–H and O–H groups in total. The Morgan fingerprint density at radius 2 is 2.10 bits per heavy atom. The fourth-order valence-electron chi connectivity index (χ4n) is 3.15. The van der Waals surface area contributed by atoms with Crippen LogP contribution in [0, 0.1) is 11.8 Å². The largest absolute Gasteiger partial charge is 0.481 e. The summed E-state index contributed by atoms with van der Waals surface area (Å²) in [4.78, 5) is 25.3. The van der Waals surface area contributed by atoms with Gasteiger partial charge in [-0.1, -0.05) is 13.3 Å². The van der Waals surface area contributed by atoms with Crippen LogP contribution in [0.1, 0.15) is 33.1 Å². The molecule has 0 aromatic heterocycles. The Bertz CT molecular complexity index is 377. The number of aliphatic carboxylic acids is 1. The van der Waals surface area contributed by atoms with Gasteiger partial charge in [0, 0.05) is 30.1 Å². The third-order valence-electron chi connectivity index (χ3n) is 4.64. The molecule has 1 aliphatic carbocycles. The molecule has 2 fully saturated rings. The molecular formula is C14H24N2O3S. The third-order valence-corrected chi connectivity index (χ3v) is 5.97. The van der Waals surface area contributed by atoms with Gasteiger partial charge in [-0.3, -0.25) is 4.79 Å². The number of carboxylic acids is 1. The molecule has 4 atom stereocenters. The summed E-state index contributed by atoms with van der Waals surface area (Å²) in [5, 5.41) is 12.5. The van der Waals surface area contributed by atoms with E-state index in [-0.39, 0.29) is 23.9 Å². The molecule has 0 radical (unpaired) electrons. The molecule has 0 bridgehead atoms. The van der Waals surface area contributed by atoms with Crippen LogP contribution in [0.4, 0.5) is 4.79 Å². The zero-order valence-electron chi connectivity index (χ0n) is 12.2. The lowest BCUT2D eigenvalue weighted by atomic mass is 9.96. The van der Waals surface area contributed by atoms with Crippen molar-refractivity contribution in [1.29, 1.82) is 0 Å². The zero-order valence-corrected chi connectivity index (χ0v) is 13.0. The normalized spacial score (nSPS) is 34.0. The number of nitrogens with one attached hydrogen (secondary N) is 1. The topological polar surface area (TPSA) is 69.6 Å². The maximum Gasteiger partial charge on any atom is 0.317 e. The van der Waals surface area contributed by atoms with Gasteiger partial charge in [0.1, 0.15) is 0 Å². The second-order valence-electron chi connectivity index (χ2n) is 5.83. The van der Waals surface area contributed by atoms with Gasteiger partial charge in [-0.15, -0.1) is 0 Å². The first-order chi connectivity index (χ1) is 9.50. The maximum atomic E-state index is 12.2. The summed E-state index contributed by atoms with van der Waals surface area (Å²) in [6.45, 7) is 5.48. The van der Waals surface area contributed by atoms with E-state index < -0.39 is 5.97 Å². The highest BCUT2D eigenvalue weighted by atomic mass is 32.2. The molecule has 0 aromatic carbocycles. The molecule has 1 saturated carbocycles. The van der Waals surface area contributed by atoms with E-state index in [2.05, 4.69) is 19.2 Å². The first-order valence-corrected chi connectivity index (χ1v) is 8.44. The predicted octanol–water partition coefficient (Wildman–Crippen LogP) is 2.02. The minimum Gasteiger partial charge on any atom is -0.481 e. The Kier molecular flexibility index (Phi) is 5.18. The maximum absolute atomic E-state index is 12.2. The summed E-state index contributed by atoms with van der Waals surface area (Å²) in [5.74, 6) is 0.0464. The van der Waals surface area contributed by atoms with Crippen LogP contribution in [0.5, 0.6) is 0 Å². The Balaban J connectivity index is 1.84. The van der Waals surface area contributed by atoms with Gasteiger partial charge in [0.15, 0.2) is 0 Å². The van der Waals surface area contributed by atoms with Gasteiger partial charge >= 0.3 is 12.0 Å². The molecule has 6 heteroatoms. The second kappa shape index (κ2) is 6.70. The molecule has 1 saturated heterocycles. The highest BCUT2D eigenvalue weighted by molar-refractivity contribution is 8.00. The number of amides is 2. The first kappa shape index (κ1) is 15.5. The molecule has 1 heterocycles. The monoisotopic (exact) mass is 300 g/mol. The molecule has 1 aliphatic heterocycles. The SMILES string of the molecule is CC1SCCN(C(=O)NCC2CCCC2C(=O)O)C1C. The quantitative estimate of drug-likeness (QED) is 0.836. The smallest absolute Gasteiger partial charge is 0.317 e. The van der Waals surface area contributed by atoms with Crippen molar-refractivity contribution < 1.29 is 14.7 Å². The van der Waals surface area contributed by atoms with Crippen LogP contribution in [0.15, 0.2) is 0 Å². The van der Waals surface area contributed by atoms with Crippen LogP contribution >= 0.6 is 11.8 Å². The van der Waals surface area contributed by atoms with Crippen LogP contribution in [0.25, 0.3) is 0 Å². The lowest BCUT2D eigenvalue weighted by Gasteiger charge is -2.37. The van der Waals surface area contributed by atoms with Gasteiger partial charge in [0.05, 0.1) is 5.92 Å².